The van der Waals surface area contributed by atoms with Crippen molar-refractivity contribution in [2.24, 2.45) is 0 Å². The van der Waals surface area contributed by atoms with Crippen molar-refractivity contribution in [2.75, 3.05) is 16.8 Å². The van der Waals surface area contributed by atoms with Crippen LogP contribution in [0.25, 0.3) is 0 Å². The highest BCUT2D eigenvalue weighted by Crippen LogP contribution is 2.28. The minimum absolute atomic E-state index is 0.463. The highest BCUT2D eigenvalue weighted by Gasteiger charge is 2.15. The zero-order chi connectivity index (χ0) is 12.1. The second kappa shape index (κ2) is 6.60. The average molecular weight is 350 g/mol. The number of aryl methyl sites for hydroxylation is 1. The van der Waals surface area contributed by atoms with Crippen LogP contribution in [0.3, 0.4) is 0 Å². The molecule has 0 amide bonds. The Morgan fingerprint density at radius 2 is 2.12 bits per heavy atom. The van der Waals surface area contributed by atoms with Gasteiger partial charge in [0.2, 0.25) is 0 Å². The van der Waals surface area contributed by atoms with Crippen LogP contribution >= 0.6 is 31.9 Å². The van der Waals surface area contributed by atoms with Gasteiger partial charge >= 0.3 is 0 Å². The lowest BCUT2D eigenvalue weighted by molar-refractivity contribution is 0.663. The summed E-state index contributed by atoms with van der Waals surface area (Å²) in [4.78, 5) is 6.81. The molecule has 0 saturated heterocycles. The van der Waals surface area contributed by atoms with E-state index in [9.17, 15) is 0 Å². The van der Waals surface area contributed by atoms with E-state index in [1.54, 1.807) is 0 Å². The highest BCUT2D eigenvalue weighted by molar-refractivity contribution is 9.10. The van der Waals surface area contributed by atoms with Crippen LogP contribution in [0, 0.1) is 6.92 Å². The van der Waals surface area contributed by atoms with E-state index in [1.807, 2.05) is 12.3 Å². The number of aromatic nitrogens is 1. The molecule has 0 aromatic carbocycles. The lowest BCUT2D eigenvalue weighted by atomic mass is 10.2. The first kappa shape index (κ1) is 14.0. The molecular formula is C12H18Br2N2. The van der Waals surface area contributed by atoms with Crippen molar-refractivity contribution in [2.45, 2.75) is 33.2 Å². The molecule has 16 heavy (non-hydrogen) atoms. The molecule has 0 saturated carbocycles. The van der Waals surface area contributed by atoms with E-state index in [0.717, 1.165) is 28.6 Å². The molecule has 4 heteroatoms. The summed E-state index contributed by atoms with van der Waals surface area (Å²) >= 11 is 7.10. The SMILES string of the molecule is Cc1ccnc(N(CCCBr)C(C)C)c1Br. The maximum absolute atomic E-state index is 4.48. The summed E-state index contributed by atoms with van der Waals surface area (Å²) in [6, 6.07) is 2.49. The van der Waals surface area contributed by atoms with Crippen LogP contribution < -0.4 is 4.90 Å². The summed E-state index contributed by atoms with van der Waals surface area (Å²) in [5.41, 5.74) is 1.23. The summed E-state index contributed by atoms with van der Waals surface area (Å²) in [5, 5.41) is 1.03. The van der Waals surface area contributed by atoms with Gasteiger partial charge in [-0.15, -0.1) is 0 Å². The van der Waals surface area contributed by atoms with Gasteiger partial charge in [-0.1, -0.05) is 15.9 Å². The van der Waals surface area contributed by atoms with Crippen LogP contribution in [-0.4, -0.2) is 22.9 Å². The Labute approximate surface area is 115 Å². The van der Waals surface area contributed by atoms with Gasteiger partial charge in [0.1, 0.15) is 5.82 Å². The second-order valence-corrected chi connectivity index (χ2v) is 5.68. The molecule has 1 aromatic rings. The molecule has 90 valence electrons. The number of rotatable bonds is 5. The van der Waals surface area contributed by atoms with Crippen molar-refractivity contribution in [3.8, 4) is 0 Å². The summed E-state index contributed by atoms with van der Waals surface area (Å²) < 4.78 is 1.11. The van der Waals surface area contributed by atoms with Crippen LogP contribution in [0.1, 0.15) is 25.8 Å². The summed E-state index contributed by atoms with van der Waals surface area (Å²) in [6.45, 7) is 7.52. The van der Waals surface area contributed by atoms with Gasteiger partial charge in [-0.3, -0.25) is 0 Å². The Morgan fingerprint density at radius 3 is 2.69 bits per heavy atom. The first-order chi connectivity index (χ1) is 7.57. The fourth-order valence-electron chi connectivity index (χ4n) is 1.56. The molecule has 0 aliphatic heterocycles. The Morgan fingerprint density at radius 1 is 1.44 bits per heavy atom. The molecule has 1 rings (SSSR count). The molecule has 0 aliphatic carbocycles. The molecule has 0 bridgehead atoms. The summed E-state index contributed by atoms with van der Waals surface area (Å²) in [7, 11) is 0. The number of pyridine rings is 1. The third kappa shape index (κ3) is 3.45. The van der Waals surface area contributed by atoms with Gasteiger partial charge in [-0.25, -0.2) is 4.98 Å². The normalized spacial score (nSPS) is 10.9. The van der Waals surface area contributed by atoms with Gasteiger partial charge in [-0.05, 0) is 54.8 Å². The molecule has 1 heterocycles. The lowest BCUT2D eigenvalue weighted by Crippen LogP contribution is -2.33. The fourth-order valence-corrected chi connectivity index (χ4v) is 2.28. The van der Waals surface area contributed by atoms with Crippen LogP contribution in [0.15, 0.2) is 16.7 Å². The van der Waals surface area contributed by atoms with Crippen molar-refractivity contribution in [3.05, 3.63) is 22.3 Å². The Bertz CT molecular complexity index is 340. The zero-order valence-corrected chi connectivity index (χ0v) is 13.2. The second-order valence-electron chi connectivity index (χ2n) is 4.10. The number of alkyl halides is 1. The molecule has 0 unspecified atom stereocenters. The Balaban J connectivity index is 2.96. The van der Waals surface area contributed by atoms with Crippen LogP contribution in [-0.2, 0) is 0 Å². The van der Waals surface area contributed by atoms with E-state index in [4.69, 9.17) is 0 Å². The van der Waals surface area contributed by atoms with Crippen molar-refractivity contribution in [3.63, 3.8) is 0 Å². The van der Waals surface area contributed by atoms with E-state index >= 15 is 0 Å². The third-order valence-electron chi connectivity index (χ3n) is 2.49. The van der Waals surface area contributed by atoms with Crippen LogP contribution in [0.5, 0.6) is 0 Å². The van der Waals surface area contributed by atoms with Crippen molar-refractivity contribution >= 4 is 37.7 Å². The average Bonchev–Trinajstić information content (AvgIpc) is 2.24. The molecule has 0 radical (unpaired) electrons. The van der Waals surface area contributed by atoms with Crippen LogP contribution in [0.4, 0.5) is 5.82 Å². The quantitative estimate of drug-likeness (QED) is 0.742. The van der Waals surface area contributed by atoms with Gasteiger partial charge in [0.05, 0.1) is 4.47 Å². The van der Waals surface area contributed by atoms with Crippen LogP contribution in [0.2, 0.25) is 0 Å². The molecule has 0 aliphatic rings. The van der Waals surface area contributed by atoms with E-state index in [1.165, 1.54) is 5.56 Å². The smallest absolute Gasteiger partial charge is 0.143 e. The topological polar surface area (TPSA) is 16.1 Å². The zero-order valence-electron chi connectivity index (χ0n) is 10.0. The largest absolute Gasteiger partial charge is 0.353 e. The van der Waals surface area contributed by atoms with Crippen molar-refractivity contribution < 1.29 is 0 Å². The summed E-state index contributed by atoms with van der Waals surface area (Å²) in [5.74, 6) is 1.05. The highest BCUT2D eigenvalue weighted by atomic mass is 79.9. The van der Waals surface area contributed by atoms with E-state index < -0.39 is 0 Å². The third-order valence-corrected chi connectivity index (χ3v) is 4.03. The standard InChI is InChI=1S/C12H18Br2N2/c1-9(2)16(8-4-6-13)12-11(14)10(3)5-7-15-12/h5,7,9H,4,6,8H2,1-3H3. The van der Waals surface area contributed by atoms with Crippen molar-refractivity contribution in [1.29, 1.82) is 0 Å². The van der Waals surface area contributed by atoms with Crippen molar-refractivity contribution in [1.82, 2.24) is 4.98 Å². The fraction of sp³-hybridized carbons (Fsp3) is 0.583. The Kier molecular flexibility index (Phi) is 5.76. The maximum atomic E-state index is 4.48. The molecule has 1 aromatic heterocycles. The first-order valence-electron chi connectivity index (χ1n) is 5.51. The number of hydrogen-bond acceptors (Lipinski definition) is 2. The van der Waals surface area contributed by atoms with Gasteiger partial charge in [0.25, 0.3) is 0 Å². The molecule has 0 spiro atoms. The predicted molar refractivity (Wildman–Crippen MR) is 77.6 cm³/mol. The number of nitrogens with zero attached hydrogens (tertiary/aromatic N) is 2. The maximum Gasteiger partial charge on any atom is 0.143 e. The monoisotopic (exact) mass is 348 g/mol. The van der Waals surface area contributed by atoms with Gasteiger partial charge in [0.15, 0.2) is 0 Å². The molecule has 0 N–H and O–H groups in total. The molecule has 0 atom stereocenters. The predicted octanol–water partition coefficient (Wildman–Crippen LogP) is 4.15. The Hall–Kier alpha value is -0.0900. The minimum Gasteiger partial charge on any atom is -0.353 e. The van der Waals surface area contributed by atoms with Gasteiger partial charge < -0.3 is 4.90 Å². The number of halogens is 2. The molecule has 0 fully saturated rings. The molecular weight excluding hydrogens is 332 g/mol. The first-order valence-corrected chi connectivity index (χ1v) is 7.43. The van der Waals surface area contributed by atoms with E-state index in [0.29, 0.717) is 6.04 Å². The number of anilines is 1. The number of hydrogen-bond donors (Lipinski definition) is 0. The lowest BCUT2D eigenvalue weighted by Gasteiger charge is -2.29. The van der Waals surface area contributed by atoms with E-state index in [-0.39, 0.29) is 0 Å². The van der Waals surface area contributed by atoms with E-state index in [2.05, 4.69) is 62.5 Å². The molecule has 2 nitrogen and oxygen atoms in total. The van der Waals surface area contributed by atoms with Gasteiger partial charge in [0, 0.05) is 24.1 Å². The summed E-state index contributed by atoms with van der Waals surface area (Å²) in [6.07, 6.45) is 3.00. The minimum atomic E-state index is 0.463. The van der Waals surface area contributed by atoms with Gasteiger partial charge in [-0.2, -0.15) is 0 Å².